The molecule has 3 rings (SSSR count). The lowest BCUT2D eigenvalue weighted by molar-refractivity contribution is 0.0950. The minimum absolute atomic E-state index is 0.0153. The fraction of sp³-hybridized carbons (Fsp3) is 0.278. The third-order valence-electron chi connectivity index (χ3n) is 3.50. The van der Waals surface area contributed by atoms with Gasteiger partial charge in [-0.1, -0.05) is 35.9 Å². The maximum atomic E-state index is 12.0. The largest absolute Gasteiger partial charge is 0.489 e. The molecule has 0 unspecified atom stereocenters. The number of amides is 1. The van der Waals surface area contributed by atoms with Crippen molar-refractivity contribution in [1.29, 1.82) is 0 Å². The van der Waals surface area contributed by atoms with Crippen molar-refractivity contribution in [3.8, 4) is 5.75 Å². The van der Waals surface area contributed by atoms with Crippen molar-refractivity contribution in [2.45, 2.75) is 32.4 Å². The van der Waals surface area contributed by atoms with Gasteiger partial charge >= 0.3 is 0 Å². The smallest absolute Gasteiger partial charge is 0.251 e. The number of carbonyl (C=O) groups excluding carboxylic acids is 1. The molecule has 3 nitrogen and oxygen atoms in total. The first-order chi connectivity index (χ1) is 10.2. The predicted octanol–water partition coefficient (Wildman–Crippen LogP) is 3.47. The maximum Gasteiger partial charge on any atom is 0.251 e. The van der Waals surface area contributed by atoms with E-state index in [0.717, 1.165) is 24.2 Å². The molecule has 1 aliphatic carbocycles. The summed E-state index contributed by atoms with van der Waals surface area (Å²) in [6, 6.07) is 15.9. The number of rotatable bonds is 5. The third kappa shape index (κ3) is 3.85. The molecule has 0 aliphatic heterocycles. The molecule has 0 heterocycles. The van der Waals surface area contributed by atoms with Gasteiger partial charge in [0, 0.05) is 11.6 Å². The third-order valence-corrected chi connectivity index (χ3v) is 3.50. The van der Waals surface area contributed by atoms with Crippen LogP contribution in [0.1, 0.15) is 34.3 Å². The highest BCUT2D eigenvalue weighted by Gasteiger charge is 2.23. The molecule has 2 aromatic rings. The average molecular weight is 281 g/mol. The van der Waals surface area contributed by atoms with E-state index in [-0.39, 0.29) is 5.91 Å². The summed E-state index contributed by atoms with van der Waals surface area (Å²) in [5.41, 5.74) is 3.00. The van der Waals surface area contributed by atoms with E-state index in [9.17, 15) is 4.79 Å². The van der Waals surface area contributed by atoms with Gasteiger partial charge in [-0.25, -0.2) is 0 Å². The Hall–Kier alpha value is -2.29. The van der Waals surface area contributed by atoms with E-state index in [1.165, 1.54) is 5.56 Å². The second-order valence-electron chi connectivity index (χ2n) is 5.55. The van der Waals surface area contributed by atoms with Gasteiger partial charge in [0.15, 0.2) is 0 Å². The van der Waals surface area contributed by atoms with Crippen LogP contribution in [0.3, 0.4) is 0 Å². The van der Waals surface area contributed by atoms with E-state index in [0.29, 0.717) is 18.2 Å². The second kappa shape index (κ2) is 6.00. The summed E-state index contributed by atoms with van der Waals surface area (Å²) >= 11 is 0. The van der Waals surface area contributed by atoms with Gasteiger partial charge in [-0.15, -0.1) is 0 Å². The van der Waals surface area contributed by atoms with E-state index < -0.39 is 0 Å². The van der Waals surface area contributed by atoms with E-state index in [4.69, 9.17) is 4.74 Å². The van der Waals surface area contributed by atoms with Crippen LogP contribution in [0.2, 0.25) is 0 Å². The molecule has 2 aromatic carbocycles. The Labute approximate surface area is 124 Å². The molecule has 108 valence electrons. The molecule has 21 heavy (non-hydrogen) atoms. The molecule has 0 radical (unpaired) electrons. The van der Waals surface area contributed by atoms with Crippen molar-refractivity contribution in [2.24, 2.45) is 0 Å². The first-order valence-electron chi connectivity index (χ1n) is 7.30. The van der Waals surface area contributed by atoms with Crippen LogP contribution >= 0.6 is 0 Å². The van der Waals surface area contributed by atoms with Gasteiger partial charge in [0.25, 0.3) is 5.91 Å². The van der Waals surface area contributed by atoms with Gasteiger partial charge in [0.1, 0.15) is 12.4 Å². The van der Waals surface area contributed by atoms with Crippen molar-refractivity contribution in [3.63, 3.8) is 0 Å². The Morgan fingerprint density at radius 1 is 1.19 bits per heavy atom. The number of carbonyl (C=O) groups is 1. The van der Waals surface area contributed by atoms with Crippen LogP contribution < -0.4 is 10.1 Å². The highest BCUT2D eigenvalue weighted by atomic mass is 16.5. The van der Waals surface area contributed by atoms with Gasteiger partial charge in [-0.3, -0.25) is 4.79 Å². The monoisotopic (exact) mass is 281 g/mol. The molecule has 0 spiro atoms. The summed E-state index contributed by atoms with van der Waals surface area (Å²) in [6.45, 7) is 2.57. The minimum Gasteiger partial charge on any atom is -0.489 e. The molecule has 1 aliphatic rings. The Morgan fingerprint density at radius 2 is 2.00 bits per heavy atom. The zero-order chi connectivity index (χ0) is 14.7. The first kappa shape index (κ1) is 13.7. The standard InChI is InChI=1S/C18H19NO2/c1-13-4-2-5-14(10-13)12-21-17-7-3-6-15(11-17)18(20)19-16-8-9-16/h2-7,10-11,16H,8-9,12H2,1H3,(H,19,20). The van der Waals surface area contributed by atoms with Crippen LogP contribution in [0, 0.1) is 6.92 Å². The zero-order valence-electron chi connectivity index (χ0n) is 12.1. The van der Waals surface area contributed by atoms with Gasteiger partial charge in [-0.2, -0.15) is 0 Å². The Morgan fingerprint density at radius 3 is 2.76 bits per heavy atom. The van der Waals surface area contributed by atoms with Gasteiger partial charge in [0.05, 0.1) is 0 Å². The zero-order valence-corrected chi connectivity index (χ0v) is 12.1. The van der Waals surface area contributed by atoms with E-state index in [1.54, 1.807) is 6.07 Å². The quantitative estimate of drug-likeness (QED) is 0.911. The first-order valence-corrected chi connectivity index (χ1v) is 7.30. The fourth-order valence-electron chi connectivity index (χ4n) is 2.19. The Balaban J connectivity index is 1.63. The van der Waals surface area contributed by atoms with E-state index >= 15 is 0 Å². The number of hydrogen-bond donors (Lipinski definition) is 1. The van der Waals surface area contributed by atoms with Crippen molar-refractivity contribution in [3.05, 3.63) is 65.2 Å². The number of aryl methyl sites for hydroxylation is 1. The molecule has 0 atom stereocenters. The van der Waals surface area contributed by atoms with Crippen LogP contribution in [0.25, 0.3) is 0 Å². The summed E-state index contributed by atoms with van der Waals surface area (Å²) in [5.74, 6) is 0.707. The molecule has 1 saturated carbocycles. The van der Waals surface area contributed by atoms with Crippen molar-refractivity contribution >= 4 is 5.91 Å². The van der Waals surface area contributed by atoms with E-state index in [2.05, 4.69) is 24.4 Å². The second-order valence-corrected chi connectivity index (χ2v) is 5.55. The molecule has 3 heteroatoms. The Bertz CT molecular complexity index is 647. The molecular weight excluding hydrogens is 262 g/mol. The summed E-state index contributed by atoms with van der Waals surface area (Å²) < 4.78 is 5.78. The molecule has 0 saturated heterocycles. The summed E-state index contributed by atoms with van der Waals surface area (Å²) in [7, 11) is 0. The highest BCUT2D eigenvalue weighted by molar-refractivity contribution is 5.94. The van der Waals surface area contributed by atoms with Gasteiger partial charge < -0.3 is 10.1 Å². The predicted molar refractivity (Wildman–Crippen MR) is 82.4 cm³/mol. The van der Waals surface area contributed by atoms with E-state index in [1.807, 2.05) is 30.3 Å². The lowest BCUT2D eigenvalue weighted by Gasteiger charge is -2.09. The number of nitrogens with one attached hydrogen (secondary N) is 1. The number of benzene rings is 2. The fourth-order valence-corrected chi connectivity index (χ4v) is 2.19. The molecule has 1 fully saturated rings. The summed E-state index contributed by atoms with van der Waals surface area (Å²) in [5, 5.41) is 2.98. The normalized spacial score (nSPS) is 13.8. The van der Waals surface area contributed by atoms with Crippen LogP contribution in [0.15, 0.2) is 48.5 Å². The molecule has 0 bridgehead atoms. The average Bonchev–Trinajstić information content (AvgIpc) is 3.29. The van der Waals surface area contributed by atoms with Crippen molar-refractivity contribution in [2.75, 3.05) is 0 Å². The molecule has 1 N–H and O–H groups in total. The van der Waals surface area contributed by atoms with Crippen molar-refractivity contribution < 1.29 is 9.53 Å². The van der Waals surface area contributed by atoms with Crippen LogP contribution in [0.5, 0.6) is 5.75 Å². The minimum atomic E-state index is -0.0153. The molecule has 0 aromatic heterocycles. The lowest BCUT2D eigenvalue weighted by atomic mass is 10.1. The topological polar surface area (TPSA) is 38.3 Å². The maximum absolute atomic E-state index is 12.0. The van der Waals surface area contributed by atoms with Crippen LogP contribution in [0.4, 0.5) is 0 Å². The highest BCUT2D eigenvalue weighted by Crippen LogP contribution is 2.20. The lowest BCUT2D eigenvalue weighted by Crippen LogP contribution is -2.25. The van der Waals surface area contributed by atoms with Crippen molar-refractivity contribution in [1.82, 2.24) is 5.32 Å². The van der Waals surface area contributed by atoms with Gasteiger partial charge in [-0.05, 0) is 43.5 Å². The molecular formula is C18H19NO2. The summed E-state index contributed by atoms with van der Waals surface area (Å²) in [4.78, 5) is 12.0. The summed E-state index contributed by atoms with van der Waals surface area (Å²) in [6.07, 6.45) is 2.19. The van der Waals surface area contributed by atoms with Crippen LogP contribution in [-0.2, 0) is 6.61 Å². The SMILES string of the molecule is Cc1cccc(COc2cccc(C(=O)NC3CC3)c2)c1. The number of hydrogen-bond acceptors (Lipinski definition) is 2. The van der Waals surface area contributed by atoms with Gasteiger partial charge in [0.2, 0.25) is 0 Å². The Kier molecular flexibility index (Phi) is 3.91. The van der Waals surface area contributed by atoms with Crippen LogP contribution in [-0.4, -0.2) is 11.9 Å². The number of ether oxygens (including phenoxy) is 1. The molecule has 1 amide bonds.